The number of hydrogen-bond acceptors (Lipinski definition) is 3. The number of thiazole rings is 1. The molecule has 1 aromatic heterocycles. The van der Waals surface area contributed by atoms with Crippen LogP contribution in [0.2, 0.25) is 0 Å². The highest BCUT2D eigenvalue weighted by atomic mass is 35.5. The quantitative estimate of drug-likeness (QED) is 0.726. The Balaban J connectivity index is 2.93. The van der Waals surface area contributed by atoms with Gasteiger partial charge in [-0.1, -0.05) is 0 Å². The van der Waals surface area contributed by atoms with Gasteiger partial charge < -0.3 is 0 Å². The molecule has 0 aliphatic heterocycles. The highest BCUT2D eigenvalue weighted by molar-refractivity contribution is 7.11. The van der Waals surface area contributed by atoms with Crippen LogP contribution in [0.15, 0.2) is 6.20 Å². The molecular weight excluding hydrogens is 204 g/mol. The molecule has 2 nitrogen and oxygen atoms in total. The molecule has 1 aromatic rings. The molecule has 0 saturated heterocycles. The van der Waals surface area contributed by atoms with Crippen molar-refractivity contribution in [2.75, 3.05) is 14.1 Å². The third kappa shape index (κ3) is 2.22. The second-order valence-corrected chi connectivity index (χ2v) is 5.10. The Morgan fingerprint density at radius 2 is 2.15 bits per heavy atom. The zero-order valence-corrected chi connectivity index (χ0v) is 10.0. The van der Waals surface area contributed by atoms with Gasteiger partial charge in [0.25, 0.3) is 0 Å². The molecule has 0 amide bonds. The number of alkyl halides is 1. The molecule has 74 valence electrons. The Morgan fingerprint density at radius 3 is 2.54 bits per heavy atom. The van der Waals surface area contributed by atoms with E-state index in [1.165, 1.54) is 0 Å². The summed E-state index contributed by atoms with van der Waals surface area (Å²) in [7, 11) is 4.11. The van der Waals surface area contributed by atoms with Crippen molar-refractivity contribution in [1.29, 1.82) is 0 Å². The van der Waals surface area contributed by atoms with Crippen LogP contribution < -0.4 is 0 Å². The van der Waals surface area contributed by atoms with Crippen LogP contribution in [0.4, 0.5) is 0 Å². The van der Waals surface area contributed by atoms with Crippen molar-refractivity contribution >= 4 is 22.9 Å². The summed E-state index contributed by atoms with van der Waals surface area (Å²) in [6.45, 7) is 4.31. The highest BCUT2D eigenvalue weighted by Gasteiger charge is 2.26. The smallest absolute Gasteiger partial charge is 0.113 e. The van der Waals surface area contributed by atoms with Crippen LogP contribution in [0.25, 0.3) is 0 Å². The van der Waals surface area contributed by atoms with Crippen LogP contribution in [0, 0.1) is 0 Å². The van der Waals surface area contributed by atoms with Crippen molar-refractivity contribution in [3.05, 3.63) is 16.1 Å². The van der Waals surface area contributed by atoms with Crippen LogP contribution in [-0.2, 0) is 11.4 Å². The number of hydrogen-bond donors (Lipinski definition) is 0. The van der Waals surface area contributed by atoms with E-state index in [0.29, 0.717) is 5.88 Å². The fourth-order valence-corrected chi connectivity index (χ4v) is 2.02. The molecular formula is C9H15ClN2S. The maximum Gasteiger partial charge on any atom is 0.113 e. The van der Waals surface area contributed by atoms with Crippen molar-refractivity contribution in [3.8, 4) is 0 Å². The molecule has 0 bridgehead atoms. The third-order valence-electron chi connectivity index (χ3n) is 2.33. The standard InChI is InChI=1S/C9H15ClN2S/c1-9(2,12(3)4)8-11-6-7(5-10)13-8/h6H,5H2,1-4H3. The third-order valence-corrected chi connectivity index (χ3v) is 4.08. The topological polar surface area (TPSA) is 16.1 Å². The monoisotopic (exact) mass is 218 g/mol. The van der Waals surface area contributed by atoms with Gasteiger partial charge in [-0.15, -0.1) is 22.9 Å². The lowest BCUT2D eigenvalue weighted by Crippen LogP contribution is -2.35. The molecule has 0 N–H and O–H groups in total. The molecule has 0 unspecified atom stereocenters. The van der Waals surface area contributed by atoms with Gasteiger partial charge >= 0.3 is 0 Å². The minimum absolute atomic E-state index is 0.00498. The predicted molar refractivity (Wildman–Crippen MR) is 58.4 cm³/mol. The first-order chi connectivity index (χ1) is 5.98. The normalized spacial score (nSPS) is 12.5. The average molecular weight is 219 g/mol. The molecule has 0 atom stereocenters. The zero-order chi connectivity index (χ0) is 10.1. The minimum Gasteiger partial charge on any atom is -0.298 e. The summed E-state index contributed by atoms with van der Waals surface area (Å²) in [6, 6.07) is 0. The molecule has 0 aromatic carbocycles. The van der Waals surface area contributed by atoms with Crippen molar-refractivity contribution in [3.63, 3.8) is 0 Å². The van der Waals surface area contributed by atoms with Gasteiger partial charge in [-0.05, 0) is 27.9 Å². The van der Waals surface area contributed by atoms with Gasteiger partial charge in [0, 0.05) is 11.1 Å². The molecule has 0 aliphatic rings. The second kappa shape index (κ2) is 3.95. The Hall–Kier alpha value is -0.120. The van der Waals surface area contributed by atoms with Crippen LogP contribution in [0.5, 0.6) is 0 Å². The Morgan fingerprint density at radius 1 is 1.54 bits per heavy atom. The van der Waals surface area contributed by atoms with Crippen molar-refractivity contribution in [1.82, 2.24) is 9.88 Å². The summed E-state index contributed by atoms with van der Waals surface area (Å²) in [6.07, 6.45) is 1.86. The lowest BCUT2D eigenvalue weighted by atomic mass is 10.1. The van der Waals surface area contributed by atoms with Gasteiger partial charge in [-0.2, -0.15) is 0 Å². The highest BCUT2D eigenvalue weighted by Crippen LogP contribution is 2.29. The van der Waals surface area contributed by atoms with Crippen molar-refractivity contribution in [2.45, 2.75) is 25.3 Å². The fraction of sp³-hybridized carbons (Fsp3) is 0.667. The van der Waals surface area contributed by atoms with Crippen LogP contribution >= 0.6 is 22.9 Å². The first kappa shape index (κ1) is 11.0. The van der Waals surface area contributed by atoms with Gasteiger partial charge in [0.05, 0.1) is 11.4 Å². The summed E-state index contributed by atoms with van der Waals surface area (Å²) in [5.41, 5.74) is -0.00498. The van der Waals surface area contributed by atoms with Crippen LogP contribution in [-0.4, -0.2) is 24.0 Å². The number of rotatable bonds is 3. The minimum atomic E-state index is -0.00498. The lowest BCUT2D eigenvalue weighted by Gasteiger charge is -2.30. The van der Waals surface area contributed by atoms with Gasteiger partial charge in [0.1, 0.15) is 5.01 Å². The molecule has 0 radical (unpaired) electrons. The predicted octanol–water partition coefficient (Wildman–Crippen LogP) is 2.68. The molecule has 0 fully saturated rings. The van der Waals surface area contributed by atoms with E-state index in [1.807, 2.05) is 6.20 Å². The first-order valence-electron chi connectivity index (χ1n) is 4.17. The first-order valence-corrected chi connectivity index (χ1v) is 5.52. The Labute approximate surface area is 88.5 Å². The molecule has 13 heavy (non-hydrogen) atoms. The second-order valence-electron chi connectivity index (χ2n) is 3.72. The van der Waals surface area contributed by atoms with E-state index >= 15 is 0 Å². The molecule has 1 heterocycles. The van der Waals surface area contributed by atoms with Gasteiger partial charge in [-0.3, -0.25) is 4.90 Å². The summed E-state index contributed by atoms with van der Waals surface area (Å²) < 4.78 is 0. The van der Waals surface area contributed by atoms with Gasteiger partial charge in [0.15, 0.2) is 0 Å². The number of nitrogens with zero attached hydrogens (tertiary/aromatic N) is 2. The average Bonchev–Trinajstić information content (AvgIpc) is 2.51. The molecule has 0 saturated carbocycles. The number of halogens is 1. The van der Waals surface area contributed by atoms with E-state index < -0.39 is 0 Å². The largest absolute Gasteiger partial charge is 0.298 e. The summed E-state index contributed by atoms with van der Waals surface area (Å²) >= 11 is 7.41. The number of aromatic nitrogens is 1. The summed E-state index contributed by atoms with van der Waals surface area (Å²) in [5, 5.41) is 1.12. The van der Waals surface area contributed by atoms with Crippen LogP contribution in [0.3, 0.4) is 0 Å². The van der Waals surface area contributed by atoms with E-state index in [2.05, 4.69) is 37.8 Å². The van der Waals surface area contributed by atoms with E-state index in [4.69, 9.17) is 11.6 Å². The van der Waals surface area contributed by atoms with Crippen molar-refractivity contribution in [2.24, 2.45) is 0 Å². The Kier molecular flexibility index (Phi) is 3.33. The van der Waals surface area contributed by atoms with Gasteiger partial charge in [-0.25, -0.2) is 4.98 Å². The van der Waals surface area contributed by atoms with E-state index in [9.17, 15) is 0 Å². The van der Waals surface area contributed by atoms with E-state index in [0.717, 1.165) is 9.88 Å². The molecule has 0 aliphatic carbocycles. The maximum atomic E-state index is 5.73. The van der Waals surface area contributed by atoms with Gasteiger partial charge in [0.2, 0.25) is 0 Å². The summed E-state index contributed by atoms with van der Waals surface area (Å²) in [4.78, 5) is 7.66. The zero-order valence-electron chi connectivity index (χ0n) is 8.47. The fourth-order valence-electron chi connectivity index (χ4n) is 0.843. The maximum absolute atomic E-state index is 5.73. The van der Waals surface area contributed by atoms with Crippen molar-refractivity contribution < 1.29 is 0 Å². The van der Waals surface area contributed by atoms with Crippen LogP contribution in [0.1, 0.15) is 23.7 Å². The SMILES string of the molecule is CN(C)C(C)(C)c1ncc(CCl)s1. The Bertz CT molecular complexity index is 281. The molecule has 1 rings (SSSR count). The summed E-state index contributed by atoms with van der Waals surface area (Å²) in [5.74, 6) is 0.557. The molecule has 4 heteroatoms. The van der Waals surface area contributed by atoms with E-state index in [-0.39, 0.29) is 5.54 Å². The van der Waals surface area contributed by atoms with E-state index in [1.54, 1.807) is 11.3 Å². The molecule has 0 spiro atoms. The lowest BCUT2D eigenvalue weighted by molar-refractivity contribution is 0.197.